The van der Waals surface area contributed by atoms with E-state index in [0.29, 0.717) is 35.5 Å². The van der Waals surface area contributed by atoms with E-state index in [1.807, 2.05) is 19.0 Å². The number of nitrogens with zero attached hydrogens (tertiary/aromatic N) is 1. The quantitative estimate of drug-likeness (QED) is 0.757. The Balaban J connectivity index is 0.00000400. The lowest BCUT2D eigenvalue weighted by Gasteiger charge is -2.14. The fraction of sp³-hybridized carbons (Fsp3) is 0.429. The number of benzene rings is 1. The summed E-state index contributed by atoms with van der Waals surface area (Å²) in [6, 6.07) is 3.00. The normalized spacial score (nSPS) is 10.2. The Hall–Kier alpha value is -2.08. The summed E-state index contributed by atoms with van der Waals surface area (Å²) >= 11 is 0. The number of hydrogen-bond donors (Lipinski definition) is 1. The van der Waals surface area contributed by atoms with Gasteiger partial charge in [0.25, 0.3) is 5.91 Å². The molecule has 0 aliphatic rings. The number of nitrogens with one attached hydrogen (secondary N) is 1. The zero-order valence-electron chi connectivity index (χ0n) is 12.2. The molecule has 1 amide bonds. The van der Waals surface area contributed by atoms with Crippen LogP contribution in [0.5, 0.6) is 11.5 Å². The Kier molecular flexibility index (Phi) is 5.99. The van der Waals surface area contributed by atoms with E-state index in [1.54, 1.807) is 0 Å². The van der Waals surface area contributed by atoms with Gasteiger partial charge in [0.05, 0.1) is 25.3 Å². The average Bonchev–Trinajstić information content (AvgIpc) is 2.45. The van der Waals surface area contributed by atoms with E-state index < -0.39 is 0 Å². The summed E-state index contributed by atoms with van der Waals surface area (Å²) in [6.45, 7) is 1.24. The van der Waals surface area contributed by atoms with Crippen molar-refractivity contribution >= 4 is 12.2 Å². The predicted octanol–water partition coefficient (Wildman–Crippen LogP) is 1.05. The van der Waals surface area contributed by atoms with Crippen LogP contribution in [-0.4, -0.2) is 58.5 Å². The van der Waals surface area contributed by atoms with Gasteiger partial charge in [-0.05, 0) is 20.2 Å². The topological polar surface area (TPSA) is 67.9 Å². The molecule has 112 valence electrons. The van der Waals surface area contributed by atoms with Gasteiger partial charge in [-0.1, -0.05) is 0 Å². The fourth-order valence-corrected chi connectivity index (χ4v) is 1.68. The fourth-order valence-electron chi connectivity index (χ4n) is 1.68. The van der Waals surface area contributed by atoms with Gasteiger partial charge in [-0.15, -0.1) is 0 Å². The van der Waals surface area contributed by atoms with Crippen LogP contribution in [0.4, 0.5) is 0 Å². The van der Waals surface area contributed by atoms with Crippen LogP contribution in [0, 0.1) is 0 Å². The molecule has 0 saturated carbocycles. The first-order valence-corrected chi connectivity index (χ1v) is 6.17. The minimum absolute atomic E-state index is 0. The monoisotopic (exact) mass is 282 g/mol. The average molecular weight is 282 g/mol. The highest BCUT2D eigenvalue weighted by atomic mass is 16.5. The number of carbonyl (C=O) groups excluding carboxylic acids is 2. The molecule has 0 saturated heterocycles. The van der Waals surface area contributed by atoms with Crippen LogP contribution in [0.1, 0.15) is 22.1 Å². The number of ether oxygens (including phenoxy) is 2. The number of amides is 1. The lowest BCUT2D eigenvalue weighted by molar-refractivity contribution is 0.0948. The molecule has 0 aromatic heterocycles. The smallest absolute Gasteiger partial charge is 0.255 e. The summed E-state index contributed by atoms with van der Waals surface area (Å²) < 4.78 is 10.2. The maximum Gasteiger partial charge on any atom is 0.255 e. The summed E-state index contributed by atoms with van der Waals surface area (Å²) in [7, 11) is 6.76. The molecule has 1 aromatic carbocycles. The van der Waals surface area contributed by atoms with E-state index in [-0.39, 0.29) is 7.33 Å². The van der Waals surface area contributed by atoms with E-state index in [2.05, 4.69) is 5.32 Å². The van der Waals surface area contributed by atoms with Gasteiger partial charge < -0.3 is 19.7 Å². The molecule has 0 aliphatic carbocycles. The Morgan fingerprint density at radius 1 is 1.30 bits per heavy atom. The molecule has 0 aliphatic heterocycles. The predicted molar refractivity (Wildman–Crippen MR) is 77.9 cm³/mol. The maximum absolute atomic E-state index is 12.1. The van der Waals surface area contributed by atoms with Gasteiger partial charge in [0.1, 0.15) is 11.5 Å². The van der Waals surface area contributed by atoms with E-state index >= 15 is 0 Å². The minimum atomic E-state index is -0.283. The zero-order valence-corrected chi connectivity index (χ0v) is 12.2. The van der Waals surface area contributed by atoms with E-state index in [0.717, 1.165) is 6.54 Å². The van der Waals surface area contributed by atoms with Crippen molar-refractivity contribution in [3.8, 4) is 11.5 Å². The molecule has 0 fully saturated rings. The summed E-state index contributed by atoms with van der Waals surface area (Å²) in [6.07, 6.45) is 0.648. The molecule has 0 radical (unpaired) electrons. The molecule has 6 heteroatoms. The van der Waals surface area contributed by atoms with Crippen LogP contribution >= 0.6 is 0 Å². The molecular weight excluding hydrogens is 260 g/mol. The first kappa shape index (κ1) is 16.0. The van der Waals surface area contributed by atoms with Crippen molar-refractivity contribution in [2.45, 2.75) is 0 Å². The third-order valence-electron chi connectivity index (χ3n) is 2.77. The number of likely N-dealkylation sites (N-methyl/N-ethyl adjacent to an activating group) is 1. The third-order valence-corrected chi connectivity index (χ3v) is 2.77. The summed E-state index contributed by atoms with van der Waals surface area (Å²) in [5.74, 6) is 0.464. The van der Waals surface area contributed by atoms with Crippen molar-refractivity contribution in [3.05, 3.63) is 23.3 Å². The molecule has 0 atom stereocenters. The lowest BCUT2D eigenvalue weighted by Crippen LogP contribution is -2.31. The number of hydrogen-bond acceptors (Lipinski definition) is 5. The highest BCUT2D eigenvalue weighted by molar-refractivity contribution is 5.99. The second kappa shape index (κ2) is 7.49. The molecular formula is C14H22N2O4. The number of carbonyl (C=O) groups is 2. The zero-order chi connectivity index (χ0) is 15.1. The molecule has 0 bridgehead atoms. The van der Waals surface area contributed by atoms with Gasteiger partial charge in [-0.3, -0.25) is 9.59 Å². The van der Waals surface area contributed by atoms with Gasteiger partial charge in [0, 0.05) is 20.6 Å². The highest BCUT2D eigenvalue weighted by Gasteiger charge is 2.16. The largest absolute Gasteiger partial charge is 0.496 e. The number of rotatable bonds is 7. The van der Waals surface area contributed by atoms with Crippen LogP contribution in [0.3, 0.4) is 0 Å². The molecule has 6 nitrogen and oxygen atoms in total. The van der Waals surface area contributed by atoms with Crippen molar-refractivity contribution in [2.75, 3.05) is 41.4 Å². The standard InChI is InChI=1S/C14H20N2O4.H2/c1-16(2)6-5-15-14(18)11-7-10(9-17)12(19-3)8-13(11)20-4;/h7-9H,5-6H2,1-4H3,(H,15,18);1H. The molecule has 0 spiro atoms. The number of aldehydes is 1. The van der Waals surface area contributed by atoms with Crippen molar-refractivity contribution < 1.29 is 20.5 Å². The Labute approximate surface area is 120 Å². The molecule has 0 unspecified atom stereocenters. The molecule has 1 N–H and O–H groups in total. The molecule has 1 rings (SSSR count). The number of methoxy groups -OCH3 is 2. The van der Waals surface area contributed by atoms with Crippen LogP contribution < -0.4 is 14.8 Å². The van der Waals surface area contributed by atoms with Crippen LogP contribution in [0.2, 0.25) is 0 Å². The minimum Gasteiger partial charge on any atom is -0.496 e. The maximum atomic E-state index is 12.1. The first-order chi connectivity index (χ1) is 9.53. The van der Waals surface area contributed by atoms with Crippen molar-refractivity contribution in [1.82, 2.24) is 10.2 Å². The Bertz CT molecular complexity index is 492. The molecule has 1 aromatic rings. The Morgan fingerprint density at radius 3 is 2.45 bits per heavy atom. The Morgan fingerprint density at radius 2 is 1.95 bits per heavy atom. The second-order valence-electron chi connectivity index (χ2n) is 4.47. The van der Waals surface area contributed by atoms with E-state index in [4.69, 9.17) is 9.47 Å². The van der Waals surface area contributed by atoms with Crippen molar-refractivity contribution in [3.63, 3.8) is 0 Å². The van der Waals surface area contributed by atoms with Gasteiger partial charge >= 0.3 is 0 Å². The highest BCUT2D eigenvalue weighted by Crippen LogP contribution is 2.28. The summed E-state index contributed by atoms with van der Waals surface area (Å²) in [5.41, 5.74) is 0.625. The van der Waals surface area contributed by atoms with E-state index in [1.165, 1.54) is 26.4 Å². The van der Waals surface area contributed by atoms with Gasteiger partial charge in [0.2, 0.25) is 0 Å². The van der Waals surface area contributed by atoms with Gasteiger partial charge in [-0.2, -0.15) is 0 Å². The summed E-state index contributed by atoms with van der Waals surface area (Å²) in [4.78, 5) is 25.1. The second-order valence-corrected chi connectivity index (χ2v) is 4.47. The summed E-state index contributed by atoms with van der Waals surface area (Å²) in [5, 5.41) is 2.78. The molecule has 20 heavy (non-hydrogen) atoms. The van der Waals surface area contributed by atoms with E-state index in [9.17, 15) is 9.59 Å². The van der Waals surface area contributed by atoms with Gasteiger partial charge in [-0.25, -0.2) is 0 Å². The lowest BCUT2D eigenvalue weighted by atomic mass is 10.1. The van der Waals surface area contributed by atoms with Crippen LogP contribution in [-0.2, 0) is 0 Å². The SMILES string of the molecule is COc1cc(OC)c(C(=O)NCCN(C)C)cc1C=O.[HH]. The van der Waals surface area contributed by atoms with Crippen LogP contribution in [0.15, 0.2) is 12.1 Å². The van der Waals surface area contributed by atoms with Gasteiger partial charge in [0.15, 0.2) is 6.29 Å². The first-order valence-electron chi connectivity index (χ1n) is 6.17. The van der Waals surface area contributed by atoms with Crippen molar-refractivity contribution in [2.24, 2.45) is 0 Å². The molecule has 0 heterocycles. The third kappa shape index (κ3) is 3.96. The van der Waals surface area contributed by atoms with Crippen molar-refractivity contribution in [1.29, 1.82) is 0 Å². The van der Waals surface area contributed by atoms with Crippen LogP contribution in [0.25, 0.3) is 0 Å².